The number of thiophene rings is 1. The van der Waals surface area contributed by atoms with Crippen LogP contribution in [0.25, 0.3) is 10.2 Å². The second kappa shape index (κ2) is 8.49. The molecule has 4 rings (SSSR count). The molecule has 6 nitrogen and oxygen atoms in total. The number of carbonyl (C=O) groups is 1. The van der Waals surface area contributed by atoms with Crippen molar-refractivity contribution in [2.75, 3.05) is 0 Å². The summed E-state index contributed by atoms with van der Waals surface area (Å²) in [5, 5.41) is 5.46. The zero-order valence-electron chi connectivity index (χ0n) is 16.5. The number of amides is 1. The minimum absolute atomic E-state index is 0.178. The van der Waals surface area contributed by atoms with E-state index in [9.17, 15) is 9.59 Å². The van der Waals surface area contributed by atoms with Gasteiger partial charge in [-0.3, -0.25) is 14.2 Å². The lowest BCUT2D eigenvalue weighted by Gasteiger charge is -2.18. The van der Waals surface area contributed by atoms with E-state index >= 15 is 0 Å². The summed E-state index contributed by atoms with van der Waals surface area (Å²) in [7, 11) is 0. The maximum absolute atomic E-state index is 13.1. The molecule has 2 aromatic heterocycles. The van der Waals surface area contributed by atoms with Gasteiger partial charge in [0.1, 0.15) is 10.9 Å². The molecule has 0 spiro atoms. The van der Waals surface area contributed by atoms with E-state index in [1.165, 1.54) is 22.0 Å². The molecule has 1 aliphatic rings. The maximum Gasteiger partial charge on any atom is 0.263 e. The Morgan fingerprint density at radius 2 is 2.20 bits per heavy atom. The standard InChI is InChI=1S/C21H20Cl2N4O2S/c1-11-3-5-14-17(7-11)30-20-18(14)21(29)27(10-24-20)12(2)19(28)26-25-9-13-4-6-15(22)16(23)8-13/h4,6,8-12H,3,5,7H2,1-2H3,(H,26,28)/b25-9-/t11-,12+/m1/s1. The summed E-state index contributed by atoms with van der Waals surface area (Å²) < 4.78 is 1.37. The third-order valence-electron chi connectivity index (χ3n) is 5.37. The predicted octanol–water partition coefficient (Wildman–Crippen LogP) is 4.60. The lowest BCUT2D eigenvalue weighted by atomic mass is 9.89. The van der Waals surface area contributed by atoms with Crippen LogP contribution in [0.2, 0.25) is 10.0 Å². The highest BCUT2D eigenvalue weighted by Crippen LogP contribution is 2.35. The van der Waals surface area contributed by atoms with Crippen molar-refractivity contribution in [2.45, 2.75) is 39.2 Å². The Bertz CT molecular complexity index is 1220. The van der Waals surface area contributed by atoms with Gasteiger partial charge in [0.2, 0.25) is 0 Å². The highest BCUT2D eigenvalue weighted by Gasteiger charge is 2.25. The molecule has 3 aromatic rings. The van der Waals surface area contributed by atoms with Crippen LogP contribution in [0.3, 0.4) is 0 Å². The molecule has 9 heteroatoms. The van der Waals surface area contributed by atoms with Crippen molar-refractivity contribution in [3.63, 3.8) is 0 Å². The van der Waals surface area contributed by atoms with E-state index in [4.69, 9.17) is 23.2 Å². The van der Waals surface area contributed by atoms with Crippen LogP contribution in [-0.2, 0) is 17.6 Å². The van der Waals surface area contributed by atoms with Crippen LogP contribution in [0.15, 0.2) is 34.4 Å². The molecule has 1 aliphatic carbocycles. The Morgan fingerprint density at radius 1 is 1.40 bits per heavy atom. The third-order valence-corrected chi connectivity index (χ3v) is 7.27. The van der Waals surface area contributed by atoms with Crippen LogP contribution in [0, 0.1) is 5.92 Å². The Labute approximate surface area is 187 Å². The number of nitrogens with one attached hydrogen (secondary N) is 1. The molecule has 0 aliphatic heterocycles. The summed E-state index contributed by atoms with van der Waals surface area (Å²) in [4.78, 5) is 32.1. The largest absolute Gasteiger partial charge is 0.286 e. The highest BCUT2D eigenvalue weighted by atomic mass is 35.5. The monoisotopic (exact) mass is 462 g/mol. The van der Waals surface area contributed by atoms with Crippen molar-refractivity contribution in [3.8, 4) is 0 Å². The fourth-order valence-electron chi connectivity index (χ4n) is 3.60. The number of aryl methyl sites for hydroxylation is 1. The van der Waals surface area contributed by atoms with Crippen LogP contribution in [0.5, 0.6) is 0 Å². The van der Waals surface area contributed by atoms with Gasteiger partial charge in [-0.15, -0.1) is 11.3 Å². The molecule has 156 valence electrons. The first kappa shape index (κ1) is 21.0. The summed E-state index contributed by atoms with van der Waals surface area (Å²) in [5.74, 6) is 0.207. The molecule has 30 heavy (non-hydrogen) atoms. The molecule has 0 radical (unpaired) electrons. The van der Waals surface area contributed by atoms with Crippen LogP contribution in [0.4, 0.5) is 0 Å². The molecule has 0 saturated carbocycles. The molecule has 2 atom stereocenters. The number of nitrogens with zero attached hydrogens (tertiary/aromatic N) is 3. The first-order valence-corrected chi connectivity index (χ1v) is 11.2. The number of hydrogen-bond donors (Lipinski definition) is 1. The topological polar surface area (TPSA) is 76.3 Å². The normalized spacial score (nSPS) is 17.3. The molecular formula is C21H20Cl2N4O2S. The lowest BCUT2D eigenvalue weighted by molar-refractivity contribution is -0.123. The van der Waals surface area contributed by atoms with Gasteiger partial charge in [-0.1, -0.05) is 36.2 Å². The quantitative estimate of drug-likeness (QED) is 0.454. The smallest absolute Gasteiger partial charge is 0.263 e. The third kappa shape index (κ3) is 4.02. The summed E-state index contributed by atoms with van der Waals surface area (Å²) >= 11 is 13.5. The molecule has 0 unspecified atom stereocenters. The van der Waals surface area contributed by atoms with Crippen LogP contribution in [0.1, 0.15) is 42.3 Å². The van der Waals surface area contributed by atoms with Gasteiger partial charge in [0.15, 0.2) is 0 Å². The number of hydrogen-bond acceptors (Lipinski definition) is 5. The highest BCUT2D eigenvalue weighted by molar-refractivity contribution is 7.18. The van der Waals surface area contributed by atoms with Gasteiger partial charge in [-0.25, -0.2) is 10.4 Å². The number of benzene rings is 1. The average molecular weight is 463 g/mol. The number of fused-ring (bicyclic) bond motifs is 3. The van der Waals surface area contributed by atoms with E-state index in [-0.39, 0.29) is 5.56 Å². The average Bonchev–Trinajstić information content (AvgIpc) is 3.08. The minimum atomic E-state index is -0.751. The fourth-order valence-corrected chi connectivity index (χ4v) is 5.25. The van der Waals surface area contributed by atoms with Gasteiger partial charge in [-0.05, 0) is 55.4 Å². The Balaban J connectivity index is 1.55. The van der Waals surface area contributed by atoms with E-state index in [1.54, 1.807) is 36.5 Å². The lowest BCUT2D eigenvalue weighted by Crippen LogP contribution is -2.34. The molecule has 0 bridgehead atoms. The van der Waals surface area contributed by atoms with Gasteiger partial charge >= 0.3 is 0 Å². The number of aromatic nitrogens is 2. The zero-order valence-corrected chi connectivity index (χ0v) is 18.8. The number of rotatable bonds is 4. The number of halogens is 2. The van der Waals surface area contributed by atoms with Crippen molar-refractivity contribution in [3.05, 3.63) is 60.9 Å². The van der Waals surface area contributed by atoms with E-state index in [0.29, 0.717) is 26.9 Å². The number of hydrazone groups is 1. The van der Waals surface area contributed by atoms with Crippen molar-refractivity contribution >= 4 is 56.9 Å². The molecule has 0 saturated heterocycles. The van der Waals surface area contributed by atoms with Gasteiger partial charge in [-0.2, -0.15) is 5.10 Å². The van der Waals surface area contributed by atoms with E-state index in [2.05, 4.69) is 22.4 Å². The van der Waals surface area contributed by atoms with E-state index in [0.717, 1.165) is 29.7 Å². The Morgan fingerprint density at radius 3 is 2.97 bits per heavy atom. The van der Waals surface area contributed by atoms with Gasteiger partial charge < -0.3 is 0 Å². The first-order valence-electron chi connectivity index (χ1n) is 9.64. The zero-order chi connectivity index (χ0) is 21.4. The van der Waals surface area contributed by atoms with E-state index in [1.807, 2.05) is 0 Å². The van der Waals surface area contributed by atoms with Gasteiger partial charge in [0.05, 0.1) is 28.0 Å². The minimum Gasteiger partial charge on any atom is -0.286 e. The summed E-state index contributed by atoms with van der Waals surface area (Å²) in [6.45, 7) is 3.88. The summed E-state index contributed by atoms with van der Waals surface area (Å²) in [6.07, 6.45) is 5.84. The van der Waals surface area contributed by atoms with Gasteiger partial charge in [0, 0.05) is 4.88 Å². The summed E-state index contributed by atoms with van der Waals surface area (Å²) in [5.41, 5.74) is 4.09. The summed E-state index contributed by atoms with van der Waals surface area (Å²) in [6, 6.07) is 4.28. The van der Waals surface area contributed by atoms with Crippen LogP contribution < -0.4 is 11.0 Å². The molecule has 2 heterocycles. The first-order chi connectivity index (χ1) is 14.3. The maximum atomic E-state index is 13.1. The predicted molar refractivity (Wildman–Crippen MR) is 122 cm³/mol. The Kier molecular flexibility index (Phi) is 5.95. The van der Waals surface area contributed by atoms with E-state index < -0.39 is 11.9 Å². The molecule has 1 N–H and O–H groups in total. The Hall–Kier alpha value is -2.22. The second-order valence-electron chi connectivity index (χ2n) is 7.57. The molecule has 1 aromatic carbocycles. The fraction of sp³-hybridized carbons (Fsp3) is 0.333. The van der Waals surface area contributed by atoms with Crippen molar-refractivity contribution in [1.82, 2.24) is 15.0 Å². The number of carbonyl (C=O) groups excluding carboxylic acids is 1. The van der Waals surface area contributed by atoms with Crippen molar-refractivity contribution in [2.24, 2.45) is 11.0 Å². The second-order valence-corrected chi connectivity index (χ2v) is 9.47. The van der Waals surface area contributed by atoms with Crippen molar-refractivity contribution in [1.29, 1.82) is 0 Å². The molecule has 1 amide bonds. The van der Waals surface area contributed by atoms with Crippen LogP contribution >= 0.6 is 34.5 Å². The van der Waals surface area contributed by atoms with Gasteiger partial charge in [0.25, 0.3) is 11.5 Å². The molecule has 0 fully saturated rings. The van der Waals surface area contributed by atoms with Crippen molar-refractivity contribution < 1.29 is 4.79 Å². The SMILES string of the molecule is C[C@@H]1CCc2c(sc3ncn([C@@H](C)C(=O)N/N=C\c4ccc(Cl)c(Cl)c4)c(=O)c23)C1. The van der Waals surface area contributed by atoms with Crippen LogP contribution in [-0.4, -0.2) is 21.7 Å². The molecular weight excluding hydrogens is 443 g/mol.